The Labute approximate surface area is 276 Å². The summed E-state index contributed by atoms with van der Waals surface area (Å²) < 4.78 is 20.1. The van der Waals surface area contributed by atoms with E-state index in [-0.39, 0.29) is 12.6 Å². The van der Waals surface area contributed by atoms with Gasteiger partial charge in [0.15, 0.2) is 11.5 Å². The summed E-state index contributed by atoms with van der Waals surface area (Å²) in [4.78, 5) is 61.7. The van der Waals surface area contributed by atoms with Gasteiger partial charge < -0.3 is 18.8 Å². The van der Waals surface area contributed by atoms with E-state index in [1.54, 1.807) is 36.8 Å². The number of hydrogen-bond donors (Lipinski definition) is 0. The first kappa shape index (κ1) is 31.1. The lowest BCUT2D eigenvalue weighted by atomic mass is 9.84. The maximum absolute atomic E-state index is 14.0. The minimum absolute atomic E-state index is 0.155. The normalized spacial score (nSPS) is 17.7. The van der Waals surface area contributed by atoms with Crippen molar-refractivity contribution in [2.75, 3.05) is 19.8 Å². The molecule has 0 fully saturated rings. The molecule has 2 aromatic heterocycles. The molecule has 244 valence electrons. The molecular weight excluding hydrogens is 620 g/mol. The van der Waals surface area contributed by atoms with Crippen LogP contribution in [0.1, 0.15) is 88.4 Å². The number of aromatic nitrogens is 2. The fraction of sp³-hybridized carbons (Fsp3) is 0.400. The van der Waals surface area contributed by atoms with Crippen LogP contribution >= 0.6 is 11.3 Å². The first-order valence-electron chi connectivity index (χ1n) is 15.8. The smallest absolute Gasteiger partial charge is 0.261 e. The molecule has 12 heteroatoms. The fourth-order valence-corrected chi connectivity index (χ4v) is 7.44. The monoisotopic (exact) mass is 656 g/mol. The van der Waals surface area contributed by atoms with Crippen LogP contribution in [0.5, 0.6) is 11.5 Å². The molecule has 1 atom stereocenters. The molecule has 0 spiro atoms. The second kappa shape index (κ2) is 11.6. The molecule has 4 amide bonds. The summed E-state index contributed by atoms with van der Waals surface area (Å²) >= 11 is 1.53. The zero-order valence-corrected chi connectivity index (χ0v) is 27.6. The third-order valence-corrected chi connectivity index (χ3v) is 9.88. The Morgan fingerprint density at radius 2 is 1.49 bits per heavy atom. The molecule has 1 unspecified atom stereocenters. The second-order valence-electron chi connectivity index (χ2n) is 13.5. The van der Waals surface area contributed by atoms with Gasteiger partial charge in [0.2, 0.25) is 0 Å². The molecule has 2 aromatic carbocycles. The van der Waals surface area contributed by atoms with E-state index in [1.807, 2.05) is 49.2 Å². The largest absolute Gasteiger partial charge is 0.485 e. The van der Waals surface area contributed by atoms with Crippen LogP contribution in [0.4, 0.5) is 0 Å². The Hall–Kier alpha value is -4.55. The first-order valence-corrected chi connectivity index (χ1v) is 16.7. The van der Waals surface area contributed by atoms with Crippen molar-refractivity contribution in [2.24, 2.45) is 0 Å². The zero-order chi connectivity index (χ0) is 33.1. The van der Waals surface area contributed by atoms with Crippen molar-refractivity contribution < 1.29 is 33.4 Å². The van der Waals surface area contributed by atoms with Crippen molar-refractivity contribution in [3.05, 3.63) is 76.0 Å². The molecule has 0 radical (unpaired) electrons. The van der Waals surface area contributed by atoms with Gasteiger partial charge in [-0.05, 0) is 64.8 Å². The molecule has 0 bridgehead atoms. The number of imidazole rings is 1. The maximum atomic E-state index is 14.0. The SMILES string of the molecule is CC(C)(CC1COc2cscc2O1)OCCC(C)(C)N1C(=O)c2ccc3c4c(ccc(c24)C1=O)C(=O)N(CCCn1ccnc1)C3=O. The van der Waals surface area contributed by atoms with Gasteiger partial charge in [0.1, 0.15) is 12.7 Å². The lowest BCUT2D eigenvalue weighted by Gasteiger charge is -2.41. The van der Waals surface area contributed by atoms with E-state index in [2.05, 4.69) is 4.98 Å². The van der Waals surface area contributed by atoms with Gasteiger partial charge in [-0.15, -0.1) is 11.3 Å². The van der Waals surface area contributed by atoms with Crippen LogP contribution in [0.2, 0.25) is 0 Å². The van der Waals surface area contributed by atoms with E-state index in [9.17, 15) is 19.2 Å². The van der Waals surface area contributed by atoms with Crippen molar-refractivity contribution in [1.29, 1.82) is 0 Å². The van der Waals surface area contributed by atoms with E-state index in [4.69, 9.17) is 14.2 Å². The number of nitrogens with zero attached hydrogens (tertiary/aromatic N) is 4. The highest BCUT2D eigenvalue weighted by atomic mass is 32.1. The molecule has 4 aromatic rings. The van der Waals surface area contributed by atoms with Crippen molar-refractivity contribution in [2.45, 2.75) is 70.7 Å². The third-order valence-electron chi connectivity index (χ3n) is 9.18. The first-order chi connectivity index (χ1) is 22.4. The Morgan fingerprint density at radius 3 is 2.11 bits per heavy atom. The van der Waals surface area contributed by atoms with Gasteiger partial charge in [0, 0.05) is 87.8 Å². The summed E-state index contributed by atoms with van der Waals surface area (Å²) in [6, 6.07) is 6.40. The highest BCUT2D eigenvalue weighted by Gasteiger charge is 2.44. The van der Waals surface area contributed by atoms with E-state index in [1.165, 1.54) is 21.1 Å². The van der Waals surface area contributed by atoms with Crippen molar-refractivity contribution in [3.63, 3.8) is 0 Å². The quantitative estimate of drug-likeness (QED) is 0.192. The molecule has 3 aliphatic rings. The zero-order valence-electron chi connectivity index (χ0n) is 26.8. The molecule has 0 aliphatic carbocycles. The molecular formula is C35H36N4O7S. The predicted octanol–water partition coefficient (Wildman–Crippen LogP) is 5.57. The number of amides is 4. The fourth-order valence-electron chi connectivity index (χ4n) is 6.77. The minimum Gasteiger partial charge on any atom is -0.485 e. The van der Waals surface area contributed by atoms with E-state index < -0.39 is 34.8 Å². The topological polar surface area (TPSA) is 120 Å². The number of rotatable bonds is 11. The summed E-state index contributed by atoms with van der Waals surface area (Å²) in [5.74, 6) is -0.268. The molecule has 0 saturated carbocycles. The molecule has 7 rings (SSSR count). The van der Waals surface area contributed by atoms with Crippen molar-refractivity contribution in [1.82, 2.24) is 19.4 Å². The van der Waals surface area contributed by atoms with E-state index in [0.717, 1.165) is 11.5 Å². The van der Waals surface area contributed by atoms with Gasteiger partial charge in [-0.1, -0.05) is 0 Å². The Bertz CT molecular complexity index is 1840. The van der Waals surface area contributed by atoms with Gasteiger partial charge in [-0.25, -0.2) is 4.98 Å². The highest BCUT2D eigenvalue weighted by Crippen LogP contribution is 2.41. The van der Waals surface area contributed by atoms with Gasteiger partial charge >= 0.3 is 0 Å². The Kier molecular flexibility index (Phi) is 7.67. The predicted molar refractivity (Wildman–Crippen MR) is 174 cm³/mol. The Balaban J connectivity index is 1.06. The summed E-state index contributed by atoms with van der Waals surface area (Å²) in [7, 11) is 0. The average Bonchev–Trinajstić information content (AvgIpc) is 3.72. The van der Waals surface area contributed by atoms with Gasteiger partial charge in [-0.2, -0.15) is 0 Å². The van der Waals surface area contributed by atoms with Crippen LogP contribution in [0.15, 0.2) is 53.7 Å². The number of fused-ring (bicyclic) bond motifs is 1. The van der Waals surface area contributed by atoms with Crippen LogP contribution in [0.3, 0.4) is 0 Å². The van der Waals surface area contributed by atoms with Crippen molar-refractivity contribution >= 4 is 45.7 Å². The number of ether oxygens (including phenoxy) is 3. The van der Waals surface area contributed by atoms with Crippen LogP contribution in [-0.4, -0.2) is 80.0 Å². The van der Waals surface area contributed by atoms with E-state index >= 15 is 0 Å². The lowest BCUT2D eigenvalue weighted by Crippen LogP contribution is -2.54. The number of aryl methyl sites for hydroxylation is 1. The lowest BCUT2D eigenvalue weighted by molar-refractivity contribution is -0.0636. The highest BCUT2D eigenvalue weighted by molar-refractivity contribution is 7.08. The standard InChI is InChI=1S/C35H36N4O7S/c1-34(2,10-15-45-35(3,4)16-21-17-44-26-18-47-19-27(26)46-21)39-32(42)24-8-6-22-28-23(7-9-25(29(24)28)33(39)43)31(41)38(30(22)40)13-5-12-37-14-11-36-20-37/h6-9,11,14,18-21H,5,10,12-13,15-17H2,1-4H3. The summed E-state index contributed by atoms with van der Waals surface area (Å²) in [6.45, 7) is 9.25. The number of benzene rings is 2. The van der Waals surface area contributed by atoms with Gasteiger partial charge in [0.25, 0.3) is 23.6 Å². The molecule has 0 N–H and O–H groups in total. The molecule has 5 heterocycles. The molecule has 3 aliphatic heterocycles. The summed E-state index contributed by atoms with van der Waals surface area (Å²) in [6.07, 6.45) is 6.59. The van der Waals surface area contributed by atoms with Crippen LogP contribution < -0.4 is 9.47 Å². The summed E-state index contributed by atoms with van der Waals surface area (Å²) in [5, 5.41) is 4.58. The number of thiophene rings is 1. The molecule has 11 nitrogen and oxygen atoms in total. The van der Waals surface area contributed by atoms with Crippen LogP contribution in [0.25, 0.3) is 10.8 Å². The number of carbonyl (C=O) groups excluding carboxylic acids is 4. The van der Waals surface area contributed by atoms with Crippen LogP contribution in [0, 0.1) is 0 Å². The average molecular weight is 657 g/mol. The molecule has 0 saturated heterocycles. The van der Waals surface area contributed by atoms with Gasteiger partial charge in [-0.3, -0.25) is 29.0 Å². The van der Waals surface area contributed by atoms with Crippen molar-refractivity contribution in [3.8, 4) is 11.5 Å². The van der Waals surface area contributed by atoms with Crippen LogP contribution in [-0.2, 0) is 11.3 Å². The number of imide groups is 2. The number of hydrogen-bond acceptors (Lipinski definition) is 9. The second-order valence-corrected chi connectivity index (χ2v) is 14.2. The summed E-state index contributed by atoms with van der Waals surface area (Å²) in [5.41, 5.74) is -0.213. The molecule has 47 heavy (non-hydrogen) atoms. The number of carbonyl (C=O) groups is 4. The van der Waals surface area contributed by atoms with E-state index in [0.29, 0.717) is 72.0 Å². The maximum Gasteiger partial charge on any atom is 0.261 e. The minimum atomic E-state index is -0.892. The van der Waals surface area contributed by atoms with Gasteiger partial charge in [0.05, 0.1) is 11.9 Å². The third kappa shape index (κ3) is 5.48. The Morgan fingerprint density at radius 1 is 0.872 bits per heavy atom.